The topological polar surface area (TPSA) is 50.2 Å². The minimum absolute atomic E-state index is 0.0979. The molecule has 3 aliphatic rings. The van der Waals surface area contributed by atoms with Crippen molar-refractivity contribution in [3.05, 3.63) is 59.2 Å². The number of aromatic nitrogens is 2. The van der Waals surface area contributed by atoms with Gasteiger partial charge in [0.05, 0.1) is 5.69 Å². The summed E-state index contributed by atoms with van der Waals surface area (Å²) in [7, 11) is 0. The molecular formula is C25H30N4O. The van der Waals surface area contributed by atoms with E-state index in [0.29, 0.717) is 6.42 Å². The van der Waals surface area contributed by atoms with E-state index in [0.717, 1.165) is 61.0 Å². The molecule has 2 aromatic rings. The molecule has 1 N–H and O–H groups in total. The van der Waals surface area contributed by atoms with Gasteiger partial charge in [-0.3, -0.25) is 9.69 Å². The zero-order valence-electron chi connectivity index (χ0n) is 17.8. The van der Waals surface area contributed by atoms with Crippen molar-refractivity contribution in [1.82, 2.24) is 14.5 Å². The number of imidazole rings is 1. The van der Waals surface area contributed by atoms with Crippen LogP contribution in [0.5, 0.6) is 0 Å². The maximum Gasteiger partial charge on any atom is 0.224 e. The third kappa shape index (κ3) is 3.52. The summed E-state index contributed by atoms with van der Waals surface area (Å²) in [6.45, 7) is 9.51. The van der Waals surface area contributed by atoms with Gasteiger partial charge in [0.25, 0.3) is 0 Å². The second-order valence-corrected chi connectivity index (χ2v) is 8.74. The molecule has 0 radical (unpaired) electrons. The van der Waals surface area contributed by atoms with Crippen LogP contribution in [-0.4, -0.2) is 39.5 Å². The third-order valence-corrected chi connectivity index (χ3v) is 7.01. The zero-order chi connectivity index (χ0) is 20.7. The molecule has 5 nitrogen and oxygen atoms in total. The summed E-state index contributed by atoms with van der Waals surface area (Å²) >= 11 is 0. The van der Waals surface area contributed by atoms with Gasteiger partial charge in [-0.05, 0) is 61.1 Å². The Morgan fingerprint density at radius 1 is 1.20 bits per heavy atom. The maximum atomic E-state index is 11.6. The van der Waals surface area contributed by atoms with Crippen LogP contribution in [0.3, 0.4) is 0 Å². The molecule has 156 valence electrons. The first-order valence-electron chi connectivity index (χ1n) is 11.2. The minimum atomic E-state index is 0.0979. The quantitative estimate of drug-likeness (QED) is 0.780. The Labute approximate surface area is 178 Å². The SMILES string of the molecule is C=CC(=Cc1nc2n(c1C)CCN(C1CCC1)CC2)c1ccc2c(c1)CCC(=O)N2. The number of carbonyl (C=O) groups excluding carboxylic acids is 1. The Hall–Kier alpha value is -2.66. The number of allylic oxidation sites excluding steroid dienone is 2. The largest absolute Gasteiger partial charge is 0.330 e. The van der Waals surface area contributed by atoms with E-state index in [1.807, 2.05) is 12.1 Å². The predicted molar refractivity (Wildman–Crippen MR) is 121 cm³/mol. The molecule has 2 aliphatic heterocycles. The number of fused-ring (bicyclic) bond motifs is 2. The summed E-state index contributed by atoms with van der Waals surface area (Å²) < 4.78 is 2.41. The number of nitrogens with zero attached hydrogens (tertiary/aromatic N) is 3. The Morgan fingerprint density at radius 2 is 2.07 bits per heavy atom. The van der Waals surface area contributed by atoms with E-state index < -0.39 is 0 Å². The van der Waals surface area contributed by atoms with Gasteiger partial charge >= 0.3 is 0 Å². The number of hydrogen-bond acceptors (Lipinski definition) is 3. The molecular weight excluding hydrogens is 372 g/mol. The van der Waals surface area contributed by atoms with Crippen molar-refractivity contribution in [2.24, 2.45) is 0 Å². The molecule has 0 atom stereocenters. The predicted octanol–water partition coefficient (Wildman–Crippen LogP) is 4.21. The first kappa shape index (κ1) is 19.3. The summed E-state index contributed by atoms with van der Waals surface area (Å²) in [4.78, 5) is 19.3. The van der Waals surface area contributed by atoms with Crippen molar-refractivity contribution >= 4 is 23.2 Å². The molecule has 1 aromatic heterocycles. The van der Waals surface area contributed by atoms with Gasteiger partial charge < -0.3 is 9.88 Å². The van der Waals surface area contributed by atoms with E-state index in [2.05, 4.69) is 46.5 Å². The monoisotopic (exact) mass is 402 g/mol. The number of aryl methyl sites for hydroxylation is 1. The zero-order valence-corrected chi connectivity index (χ0v) is 17.8. The van der Waals surface area contributed by atoms with E-state index in [4.69, 9.17) is 4.98 Å². The molecule has 5 rings (SSSR count). The smallest absolute Gasteiger partial charge is 0.224 e. The van der Waals surface area contributed by atoms with Gasteiger partial charge in [0.15, 0.2) is 0 Å². The number of benzene rings is 1. The molecule has 1 amide bonds. The molecule has 0 bridgehead atoms. The lowest BCUT2D eigenvalue weighted by Crippen LogP contribution is -2.41. The number of amides is 1. The van der Waals surface area contributed by atoms with Crippen molar-refractivity contribution in [1.29, 1.82) is 0 Å². The van der Waals surface area contributed by atoms with Gasteiger partial charge in [0.2, 0.25) is 5.91 Å². The van der Waals surface area contributed by atoms with Crippen LogP contribution in [0, 0.1) is 6.92 Å². The fraction of sp³-hybridized carbons (Fsp3) is 0.440. The normalized spacial score (nSPS) is 20.0. The Morgan fingerprint density at radius 3 is 2.83 bits per heavy atom. The standard InChI is InChI=1S/C25H30N4O/c1-3-18(19-7-9-22-20(15-19)8-10-25(30)27-22)16-23-17(2)29-14-13-28(21-5-4-6-21)12-11-24(29)26-23/h3,7,9,15-16,21H,1,4-6,8,10-14H2,2H3,(H,27,30). The number of nitrogens with one attached hydrogen (secondary N) is 1. The van der Waals surface area contributed by atoms with Crippen molar-refractivity contribution in [3.63, 3.8) is 0 Å². The third-order valence-electron chi connectivity index (χ3n) is 7.01. The highest BCUT2D eigenvalue weighted by atomic mass is 16.1. The summed E-state index contributed by atoms with van der Waals surface area (Å²) in [6, 6.07) is 7.04. The molecule has 1 saturated carbocycles. The van der Waals surface area contributed by atoms with Crippen LogP contribution in [0.25, 0.3) is 11.6 Å². The van der Waals surface area contributed by atoms with Crippen LogP contribution in [0.4, 0.5) is 5.69 Å². The van der Waals surface area contributed by atoms with Crippen LogP contribution in [-0.2, 0) is 24.2 Å². The van der Waals surface area contributed by atoms with Gasteiger partial charge in [-0.15, -0.1) is 0 Å². The van der Waals surface area contributed by atoms with E-state index >= 15 is 0 Å². The highest BCUT2D eigenvalue weighted by Gasteiger charge is 2.27. The number of hydrogen-bond donors (Lipinski definition) is 1. The molecule has 30 heavy (non-hydrogen) atoms. The van der Waals surface area contributed by atoms with Crippen LogP contribution in [0.1, 0.15) is 54.0 Å². The molecule has 0 spiro atoms. The molecule has 1 aromatic carbocycles. The average molecular weight is 403 g/mol. The summed E-state index contributed by atoms with van der Waals surface area (Å²) in [5.74, 6) is 1.30. The minimum Gasteiger partial charge on any atom is -0.330 e. The molecule has 1 fully saturated rings. The van der Waals surface area contributed by atoms with Gasteiger partial charge in [-0.25, -0.2) is 4.98 Å². The van der Waals surface area contributed by atoms with Crippen molar-refractivity contribution in [2.45, 2.75) is 58.0 Å². The fourth-order valence-electron chi connectivity index (χ4n) is 4.91. The van der Waals surface area contributed by atoms with Crippen LogP contribution < -0.4 is 5.32 Å². The van der Waals surface area contributed by atoms with Crippen molar-refractivity contribution in [2.75, 3.05) is 18.4 Å². The maximum absolute atomic E-state index is 11.6. The lowest BCUT2D eigenvalue weighted by Gasteiger charge is -2.36. The number of rotatable bonds is 4. The fourth-order valence-corrected chi connectivity index (χ4v) is 4.91. The van der Waals surface area contributed by atoms with Gasteiger partial charge in [0, 0.05) is 49.9 Å². The second kappa shape index (κ2) is 7.88. The van der Waals surface area contributed by atoms with Gasteiger partial charge in [0.1, 0.15) is 5.82 Å². The van der Waals surface area contributed by atoms with Crippen LogP contribution >= 0.6 is 0 Å². The lowest BCUT2D eigenvalue weighted by atomic mass is 9.91. The lowest BCUT2D eigenvalue weighted by molar-refractivity contribution is -0.116. The van der Waals surface area contributed by atoms with Gasteiger partial charge in [-0.1, -0.05) is 25.1 Å². The van der Waals surface area contributed by atoms with Crippen LogP contribution in [0.15, 0.2) is 30.9 Å². The Kier molecular flexibility index (Phi) is 5.07. The number of carbonyl (C=O) groups is 1. The van der Waals surface area contributed by atoms with Crippen LogP contribution in [0.2, 0.25) is 0 Å². The molecule has 0 unspecified atom stereocenters. The average Bonchev–Trinajstić information content (AvgIpc) is 2.86. The highest BCUT2D eigenvalue weighted by Crippen LogP contribution is 2.30. The summed E-state index contributed by atoms with van der Waals surface area (Å²) in [5, 5.41) is 2.96. The number of anilines is 1. The first-order chi connectivity index (χ1) is 14.6. The highest BCUT2D eigenvalue weighted by molar-refractivity contribution is 5.95. The van der Waals surface area contributed by atoms with Crippen molar-refractivity contribution < 1.29 is 4.79 Å². The first-order valence-corrected chi connectivity index (χ1v) is 11.2. The van der Waals surface area contributed by atoms with E-state index in [1.165, 1.54) is 36.3 Å². The van der Waals surface area contributed by atoms with E-state index in [1.54, 1.807) is 0 Å². The summed E-state index contributed by atoms with van der Waals surface area (Å²) in [6.07, 6.45) is 10.5. The second-order valence-electron chi connectivity index (χ2n) is 8.74. The Balaban J connectivity index is 1.40. The molecule has 5 heteroatoms. The van der Waals surface area contributed by atoms with E-state index in [-0.39, 0.29) is 5.91 Å². The summed E-state index contributed by atoms with van der Waals surface area (Å²) in [5.41, 5.74) is 6.60. The molecule has 1 aliphatic carbocycles. The molecule has 3 heterocycles. The van der Waals surface area contributed by atoms with Crippen molar-refractivity contribution in [3.8, 4) is 0 Å². The van der Waals surface area contributed by atoms with E-state index in [9.17, 15) is 4.79 Å². The molecule has 0 saturated heterocycles. The Bertz CT molecular complexity index is 1030. The van der Waals surface area contributed by atoms with Gasteiger partial charge in [-0.2, -0.15) is 0 Å².